The molecule has 6 atom stereocenters. The van der Waals surface area contributed by atoms with Gasteiger partial charge in [-0.25, -0.2) is 4.79 Å². The van der Waals surface area contributed by atoms with E-state index in [-0.39, 0.29) is 119 Å². The van der Waals surface area contributed by atoms with Gasteiger partial charge in [-0.2, -0.15) is 9.83 Å². The monoisotopic (exact) mass is 1120 g/mol. The lowest BCUT2D eigenvalue weighted by Gasteiger charge is -2.38. The van der Waals surface area contributed by atoms with Gasteiger partial charge in [0.1, 0.15) is 7.05 Å². The molecule has 3 fully saturated rings. The van der Waals surface area contributed by atoms with Gasteiger partial charge in [0, 0.05) is 56.5 Å². The van der Waals surface area contributed by atoms with Crippen LogP contribution in [0.15, 0.2) is 48.0 Å². The lowest BCUT2D eigenvalue weighted by molar-refractivity contribution is -0.669. The number of esters is 2. The predicted octanol–water partition coefficient (Wildman–Crippen LogP) is 9.52. The molecule has 0 amide bonds. The minimum atomic E-state index is -1.66. The summed E-state index contributed by atoms with van der Waals surface area (Å²) in [6.45, 7) is 12.6. The first-order valence-corrected chi connectivity index (χ1v) is 24.5. The summed E-state index contributed by atoms with van der Waals surface area (Å²) in [6, 6.07) is 9.49. The molecule has 2 aromatic rings. The van der Waals surface area contributed by atoms with Crippen molar-refractivity contribution in [1.82, 2.24) is 4.98 Å². The van der Waals surface area contributed by atoms with E-state index in [0.29, 0.717) is 34.8 Å². The predicted molar refractivity (Wildman–Crippen MR) is 283 cm³/mol. The van der Waals surface area contributed by atoms with Crippen LogP contribution in [0.5, 0.6) is 0 Å². The zero-order chi connectivity index (χ0) is 45.1. The molecule has 13 nitrogen and oxygen atoms in total. The van der Waals surface area contributed by atoms with Gasteiger partial charge in [-0.05, 0) is 129 Å². The molecule has 6 unspecified atom stereocenters. The molecule has 0 bridgehead atoms. The van der Waals surface area contributed by atoms with Crippen LogP contribution in [0.4, 0.5) is 0 Å². The van der Waals surface area contributed by atoms with Gasteiger partial charge < -0.3 is 58.4 Å². The number of halogens is 2. The highest BCUT2D eigenvalue weighted by Crippen LogP contribution is 2.38. The summed E-state index contributed by atoms with van der Waals surface area (Å²) in [6.07, 6.45) is 19.1. The van der Waals surface area contributed by atoms with Crippen molar-refractivity contribution in [3.05, 3.63) is 59.1 Å². The van der Waals surface area contributed by atoms with Gasteiger partial charge in [-0.3, -0.25) is 9.78 Å². The number of oxime groups is 1. The average molecular weight is 1120 g/mol. The van der Waals surface area contributed by atoms with E-state index in [1.165, 1.54) is 33.0 Å². The SMILES string of the molecule is C.C.C.C.C.C.C.COC(=O)C1CCCC(CO[Si](C)(C)C(C)(C)C)C1.COC(=O)c1cncc(CO)c1.C[n+]1ccccc1Cl.N#CC1CCCC(CO)C1.OCC1CCCC(/C=N/O)C1.[I-]. The van der Waals surface area contributed by atoms with Crippen LogP contribution >= 0.6 is 11.6 Å². The second-order valence-corrected chi connectivity index (χ2v) is 22.7. The Hall–Kier alpha value is -2.72. The van der Waals surface area contributed by atoms with Crippen LogP contribution < -0.4 is 28.5 Å². The van der Waals surface area contributed by atoms with Gasteiger partial charge in [-0.1, -0.05) is 92.0 Å². The average Bonchev–Trinajstić information content (AvgIpc) is 3.27. The summed E-state index contributed by atoms with van der Waals surface area (Å²) in [7, 11) is 3.03. The number of carbonyl (C=O) groups excluding carboxylic acids is 2. The molecular formula is C52H102ClIN4O9Si. The van der Waals surface area contributed by atoms with E-state index in [1.54, 1.807) is 12.3 Å². The fraction of sp³-hybridized carbons (Fsp3) is 0.731. The van der Waals surface area contributed by atoms with Crippen molar-refractivity contribution in [2.75, 3.05) is 34.0 Å². The molecule has 68 heavy (non-hydrogen) atoms. The quantitative estimate of drug-likeness (QED) is 0.0273. The van der Waals surface area contributed by atoms with Gasteiger partial charge in [0.25, 0.3) is 5.15 Å². The van der Waals surface area contributed by atoms with Crippen LogP contribution in [0, 0.1) is 46.8 Å². The number of aliphatic hydroxyl groups is 3. The van der Waals surface area contributed by atoms with E-state index in [2.05, 4.69) is 54.8 Å². The third-order valence-electron chi connectivity index (χ3n) is 11.8. The molecule has 3 saturated carbocycles. The Morgan fingerprint density at radius 1 is 0.868 bits per heavy atom. The zero-order valence-electron chi connectivity index (χ0n) is 37.8. The molecule has 2 aromatic heterocycles. The lowest BCUT2D eigenvalue weighted by atomic mass is 9.82. The van der Waals surface area contributed by atoms with Crippen LogP contribution in [0.1, 0.15) is 166 Å². The maximum Gasteiger partial charge on any atom is 0.339 e. The molecule has 5 rings (SSSR count). The Labute approximate surface area is 440 Å². The molecule has 402 valence electrons. The summed E-state index contributed by atoms with van der Waals surface area (Å²) in [4.78, 5) is 26.3. The zero-order valence-corrected chi connectivity index (χ0v) is 41.7. The first kappa shape index (κ1) is 82.2. The molecule has 2 heterocycles. The second-order valence-electron chi connectivity index (χ2n) is 17.5. The molecule has 0 radical (unpaired) electrons. The fourth-order valence-corrected chi connectivity index (χ4v) is 8.19. The number of aromatic nitrogens is 2. The number of nitriles is 1. The molecule has 0 aromatic carbocycles. The topological polar surface area (TPSA) is 196 Å². The van der Waals surface area contributed by atoms with Crippen molar-refractivity contribution in [1.29, 1.82) is 5.26 Å². The third-order valence-corrected chi connectivity index (χ3v) is 16.7. The molecule has 0 saturated heterocycles. The van der Waals surface area contributed by atoms with E-state index < -0.39 is 14.3 Å². The summed E-state index contributed by atoms with van der Waals surface area (Å²) in [5.41, 5.74) is 0.946. The smallest absolute Gasteiger partial charge is 0.339 e. The van der Waals surface area contributed by atoms with Gasteiger partial charge >= 0.3 is 11.9 Å². The Bertz CT molecular complexity index is 1580. The number of methoxy groups -OCH3 is 2. The second kappa shape index (κ2) is 45.4. The van der Waals surface area contributed by atoms with E-state index in [1.807, 2.05) is 36.0 Å². The maximum absolute atomic E-state index is 11.6. The van der Waals surface area contributed by atoms with E-state index >= 15 is 0 Å². The number of carbonyl (C=O) groups is 2. The van der Waals surface area contributed by atoms with E-state index in [4.69, 9.17) is 46.6 Å². The minimum Gasteiger partial charge on any atom is -1.00 e. The first-order chi connectivity index (χ1) is 28.5. The summed E-state index contributed by atoms with van der Waals surface area (Å²) >= 11 is 5.67. The Morgan fingerprint density at radius 3 is 1.90 bits per heavy atom. The number of hydrogen-bond donors (Lipinski definition) is 4. The third kappa shape index (κ3) is 33.0. The number of aliphatic hydroxyl groups excluding tert-OH is 3. The number of ether oxygens (including phenoxy) is 2. The number of nitrogens with zero attached hydrogens (tertiary/aromatic N) is 4. The molecule has 3 aliphatic rings. The molecule has 4 N–H and O–H groups in total. The largest absolute Gasteiger partial charge is 1.00 e. The lowest BCUT2D eigenvalue weighted by Crippen LogP contribution is -3.00. The van der Waals surface area contributed by atoms with Gasteiger partial charge in [0.05, 0.1) is 38.4 Å². The summed E-state index contributed by atoms with van der Waals surface area (Å²) in [5, 5.41) is 47.3. The molecule has 16 heteroatoms. The number of pyridine rings is 2. The number of rotatable bonds is 9. The highest BCUT2D eigenvalue weighted by Gasteiger charge is 2.38. The van der Waals surface area contributed by atoms with Crippen LogP contribution in [-0.4, -0.2) is 86.0 Å². The Morgan fingerprint density at radius 2 is 1.43 bits per heavy atom. The highest BCUT2D eigenvalue weighted by molar-refractivity contribution is 6.74. The normalized spacial score (nSPS) is 20.0. The summed E-state index contributed by atoms with van der Waals surface area (Å²) < 4.78 is 17.5. The maximum atomic E-state index is 11.6. The van der Waals surface area contributed by atoms with Crippen molar-refractivity contribution in [3.63, 3.8) is 0 Å². The molecule has 0 aliphatic heterocycles. The first-order valence-electron chi connectivity index (χ1n) is 21.2. The molecule has 3 aliphatic carbocycles. The number of aryl methyl sites for hydroxylation is 1. The summed E-state index contributed by atoms with van der Waals surface area (Å²) in [5.74, 6) is 1.54. The highest BCUT2D eigenvalue weighted by atomic mass is 127. The Kier molecular flexibility index (Phi) is 54.9. The van der Waals surface area contributed by atoms with Gasteiger partial charge in [0.2, 0.25) is 0 Å². The van der Waals surface area contributed by atoms with Crippen LogP contribution in [-0.2, 0) is 32.3 Å². The van der Waals surface area contributed by atoms with Gasteiger partial charge in [-0.15, -0.1) is 5.16 Å². The Balaban J connectivity index is -0.000000110. The standard InChI is InChI=1S/C15H30O3Si.C8H9NO3.C8H15NO2.C8H13NO.C6H7ClN.7CH4.HI/c1-15(2,3)19(5,6)18-11-12-8-7-9-13(10-12)14(16)17-4;1-12-8(11)7-2-6(5-10)3-9-4-7;10-6-8-3-1-2-7(4-8)5-9-11;9-5-7-2-1-3-8(4-7)6-10;1-8-5-3-2-4-6(8)7;;;;;;;;/h12-13H,7-11H2,1-6H3;2-4,10H,5H2,1H3;5,7-8,10-11H,1-4,6H2;7-8,10H,1-4,6H2;2-5H,1H3;7*1H4;1H/q;;;;+1;;;;;;;;/p-1/b;;9-5+;;;;;;;;;;. The minimum absolute atomic E-state index is 0. The van der Waals surface area contributed by atoms with Crippen LogP contribution in [0.2, 0.25) is 23.3 Å². The van der Waals surface area contributed by atoms with Crippen molar-refractivity contribution in [3.8, 4) is 6.07 Å². The molecular weight excluding hydrogens is 1020 g/mol. The number of hydrogen-bond acceptors (Lipinski definition) is 12. The van der Waals surface area contributed by atoms with Crippen LogP contribution in [0.25, 0.3) is 0 Å². The van der Waals surface area contributed by atoms with Crippen molar-refractivity contribution in [2.45, 2.75) is 175 Å². The van der Waals surface area contributed by atoms with Crippen molar-refractivity contribution < 1.29 is 72.6 Å². The van der Waals surface area contributed by atoms with E-state index in [9.17, 15) is 9.59 Å². The van der Waals surface area contributed by atoms with Crippen molar-refractivity contribution in [2.24, 2.45) is 47.7 Å². The van der Waals surface area contributed by atoms with E-state index in [0.717, 1.165) is 82.4 Å². The fourth-order valence-electron chi connectivity index (χ4n) is 6.97. The van der Waals surface area contributed by atoms with Gasteiger partial charge in [0.15, 0.2) is 14.5 Å². The van der Waals surface area contributed by atoms with Crippen LogP contribution in [0.3, 0.4) is 0 Å². The molecule has 0 spiro atoms. The van der Waals surface area contributed by atoms with Crippen molar-refractivity contribution >= 4 is 38.1 Å².